The molecule has 0 radical (unpaired) electrons. The molecule has 6 nitrogen and oxygen atoms in total. The van der Waals surface area contributed by atoms with Gasteiger partial charge in [0.25, 0.3) is 5.91 Å². The molecule has 32 heavy (non-hydrogen) atoms. The van der Waals surface area contributed by atoms with Crippen LogP contribution in [0.2, 0.25) is 0 Å². The zero-order valence-corrected chi connectivity index (χ0v) is 18.3. The number of benzene rings is 2. The zero-order valence-electron chi connectivity index (χ0n) is 18.3. The molecule has 0 unspecified atom stereocenters. The van der Waals surface area contributed by atoms with Gasteiger partial charge in [-0.15, -0.1) is 0 Å². The second-order valence-electron chi connectivity index (χ2n) is 7.83. The van der Waals surface area contributed by atoms with E-state index >= 15 is 0 Å². The van der Waals surface area contributed by atoms with Gasteiger partial charge in [-0.1, -0.05) is 18.2 Å². The number of rotatable bonds is 8. The molecule has 0 aliphatic rings. The molecule has 0 spiro atoms. The summed E-state index contributed by atoms with van der Waals surface area (Å²) in [6, 6.07) is 12.0. The van der Waals surface area contributed by atoms with E-state index in [0.29, 0.717) is 11.6 Å². The largest absolute Gasteiger partial charge is 0.416 e. The summed E-state index contributed by atoms with van der Waals surface area (Å²) < 4.78 is 39.0. The van der Waals surface area contributed by atoms with E-state index in [1.165, 1.54) is 24.1 Å². The molecule has 0 bridgehead atoms. The molecule has 1 amide bonds. The van der Waals surface area contributed by atoms with Gasteiger partial charge in [0.1, 0.15) is 5.82 Å². The van der Waals surface area contributed by atoms with Crippen molar-refractivity contribution in [2.45, 2.75) is 19.1 Å². The first-order valence-corrected chi connectivity index (χ1v) is 10.2. The molecule has 1 N–H and O–H groups in total. The molecule has 9 heteroatoms. The lowest BCUT2D eigenvalue weighted by Crippen LogP contribution is -2.27. The number of hydrogen-bond donors (Lipinski definition) is 1. The Morgan fingerprint density at radius 3 is 2.50 bits per heavy atom. The van der Waals surface area contributed by atoms with Crippen molar-refractivity contribution < 1.29 is 18.0 Å². The molecule has 0 fully saturated rings. The Morgan fingerprint density at radius 2 is 1.78 bits per heavy atom. The van der Waals surface area contributed by atoms with Gasteiger partial charge in [-0.2, -0.15) is 13.2 Å². The van der Waals surface area contributed by atoms with Crippen LogP contribution in [0.25, 0.3) is 10.9 Å². The summed E-state index contributed by atoms with van der Waals surface area (Å²) >= 11 is 0. The Labute approximate surface area is 185 Å². The van der Waals surface area contributed by atoms with E-state index in [1.807, 2.05) is 38.4 Å². The van der Waals surface area contributed by atoms with Gasteiger partial charge in [0.2, 0.25) is 0 Å². The average Bonchev–Trinajstić information content (AvgIpc) is 2.75. The molecule has 0 aliphatic carbocycles. The van der Waals surface area contributed by atoms with Crippen molar-refractivity contribution in [2.75, 3.05) is 39.5 Å². The lowest BCUT2D eigenvalue weighted by atomic mass is 10.1. The lowest BCUT2D eigenvalue weighted by molar-refractivity contribution is -0.137. The van der Waals surface area contributed by atoms with Crippen LogP contribution >= 0.6 is 0 Å². The lowest BCUT2D eigenvalue weighted by Gasteiger charge is -2.18. The van der Waals surface area contributed by atoms with E-state index in [0.717, 1.165) is 42.5 Å². The highest BCUT2D eigenvalue weighted by molar-refractivity contribution is 5.94. The molecule has 1 heterocycles. The first kappa shape index (κ1) is 23.5. The third-order valence-corrected chi connectivity index (χ3v) is 4.89. The third kappa shape index (κ3) is 5.94. The van der Waals surface area contributed by atoms with Crippen LogP contribution in [-0.2, 0) is 12.7 Å². The van der Waals surface area contributed by atoms with Crippen LogP contribution in [0.15, 0.2) is 48.5 Å². The normalized spacial score (nSPS) is 11.7. The van der Waals surface area contributed by atoms with E-state index in [-0.39, 0.29) is 12.1 Å². The fraction of sp³-hybridized carbons (Fsp3) is 0.348. The van der Waals surface area contributed by atoms with Crippen LogP contribution in [0, 0.1) is 0 Å². The molecule has 0 saturated carbocycles. The zero-order chi connectivity index (χ0) is 23.3. The van der Waals surface area contributed by atoms with E-state index in [1.54, 1.807) is 0 Å². The standard InChI is InChI=1S/C23H26F3N5O/c1-30(2)13-7-12-27-21-18-10-4-5-11-19(18)28-20(29-21)15-31(3)22(32)16-8-6-9-17(14-16)23(24,25)26/h4-6,8-11,14H,7,12-13,15H2,1-3H3,(H,27,28,29). The Bertz CT molecular complexity index is 1080. The maximum Gasteiger partial charge on any atom is 0.416 e. The topological polar surface area (TPSA) is 61.4 Å². The van der Waals surface area contributed by atoms with Crippen molar-refractivity contribution in [2.24, 2.45) is 0 Å². The van der Waals surface area contributed by atoms with Crippen molar-refractivity contribution in [3.63, 3.8) is 0 Å². The van der Waals surface area contributed by atoms with Crippen LogP contribution in [0.4, 0.5) is 19.0 Å². The number of halogens is 3. The number of nitrogens with one attached hydrogen (secondary N) is 1. The van der Waals surface area contributed by atoms with Crippen LogP contribution in [0.3, 0.4) is 0 Å². The molecule has 0 saturated heterocycles. The van der Waals surface area contributed by atoms with Gasteiger partial charge in [-0.05, 0) is 57.4 Å². The quantitative estimate of drug-likeness (QED) is 0.525. The van der Waals surface area contributed by atoms with Crippen molar-refractivity contribution >= 4 is 22.6 Å². The van der Waals surface area contributed by atoms with Crippen molar-refractivity contribution in [3.05, 3.63) is 65.5 Å². The predicted octanol–water partition coefficient (Wildman–Crippen LogP) is 4.28. The number of carbonyl (C=O) groups is 1. The summed E-state index contributed by atoms with van der Waals surface area (Å²) in [6.45, 7) is 1.71. The molecular weight excluding hydrogens is 419 g/mol. The number of amides is 1. The second-order valence-corrected chi connectivity index (χ2v) is 7.83. The van der Waals surface area contributed by atoms with Gasteiger partial charge in [-0.25, -0.2) is 9.97 Å². The number of aromatic nitrogens is 2. The molecule has 1 aromatic heterocycles. The summed E-state index contributed by atoms with van der Waals surface area (Å²) in [5, 5.41) is 4.20. The monoisotopic (exact) mass is 445 g/mol. The fourth-order valence-electron chi connectivity index (χ4n) is 3.27. The third-order valence-electron chi connectivity index (χ3n) is 4.89. The van der Waals surface area contributed by atoms with Crippen molar-refractivity contribution in [1.82, 2.24) is 19.8 Å². The minimum Gasteiger partial charge on any atom is -0.369 e. The average molecular weight is 445 g/mol. The Balaban J connectivity index is 1.79. The molecule has 0 aliphatic heterocycles. The summed E-state index contributed by atoms with van der Waals surface area (Å²) in [5.74, 6) is 0.541. The first-order valence-electron chi connectivity index (χ1n) is 10.2. The number of fused-ring (bicyclic) bond motifs is 1. The minimum atomic E-state index is -4.51. The van der Waals surface area contributed by atoms with Crippen molar-refractivity contribution in [1.29, 1.82) is 0 Å². The predicted molar refractivity (Wildman–Crippen MR) is 118 cm³/mol. The SMILES string of the molecule is CN(C)CCCNc1nc(CN(C)C(=O)c2cccc(C(F)(F)F)c2)nc2ccccc12. The molecule has 0 atom stereocenters. The van der Waals surface area contributed by atoms with E-state index in [2.05, 4.69) is 20.2 Å². The van der Waals surface area contributed by atoms with Gasteiger partial charge in [0.15, 0.2) is 5.82 Å². The molecule has 2 aromatic carbocycles. The van der Waals surface area contributed by atoms with Gasteiger partial charge in [-0.3, -0.25) is 4.79 Å². The number of alkyl halides is 3. The molecule has 170 valence electrons. The van der Waals surface area contributed by atoms with E-state index in [9.17, 15) is 18.0 Å². The van der Waals surface area contributed by atoms with Crippen LogP contribution < -0.4 is 5.32 Å². The minimum absolute atomic E-state index is 0.0369. The van der Waals surface area contributed by atoms with Crippen molar-refractivity contribution in [3.8, 4) is 0 Å². The summed E-state index contributed by atoms with van der Waals surface area (Å²) in [4.78, 5) is 25.3. The number of carbonyl (C=O) groups excluding carboxylic acids is 1. The van der Waals surface area contributed by atoms with E-state index < -0.39 is 17.6 Å². The molecular formula is C23H26F3N5O. The number of nitrogens with zero attached hydrogens (tertiary/aromatic N) is 4. The number of para-hydroxylation sites is 1. The van der Waals surface area contributed by atoms with Gasteiger partial charge in [0.05, 0.1) is 17.6 Å². The van der Waals surface area contributed by atoms with Gasteiger partial charge in [0, 0.05) is 24.5 Å². The highest BCUT2D eigenvalue weighted by Gasteiger charge is 2.31. The Hall–Kier alpha value is -3.20. The van der Waals surface area contributed by atoms with Crippen LogP contribution in [0.5, 0.6) is 0 Å². The number of anilines is 1. The van der Waals surface area contributed by atoms with Crippen LogP contribution in [-0.4, -0.2) is 59.9 Å². The fourth-order valence-corrected chi connectivity index (χ4v) is 3.27. The number of hydrogen-bond acceptors (Lipinski definition) is 5. The Morgan fingerprint density at radius 1 is 1.03 bits per heavy atom. The van der Waals surface area contributed by atoms with Gasteiger partial charge < -0.3 is 15.1 Å². The Kier molecular flexibility index (Phi) is 7.29. The smallest absolute Gasteiger partial charge is 0.369 e. The van der Waals surface area contributed by atoms with Gasteiger partial charge >= 0.3 is 6.18 Å². The molecule has 3 rings (SSSR count). The highest BCUT2D eigenvalue weighted by Crippen LogP contribution is 2.30. The summed E-state index contributed by atoms with van der Waals surface area (Å²) in [6.07, 6.45) is -3.59. The maximum absolute atomic E-state index is 13.0. The highest BCUT2D eigenvalue weighted by atomic mass is 19.4. The van der Waals surface area contributed by atoms with E-state index in [4.69, 9.17) is 0 Å². The van der Waals surface area contributed by atoms with Crippen LogP contribution in [0.1, 0.15) is 28.2 Å². The first-order chi connectivity index (χ1) is 15.1. The summed E-state index contributed by atoms with van der Waals surface area (Å²) in [7, 11) is 5.54. The summed E-state index contributed by atoms with van der Waals surface area (Å²) in [5.41, 5.74) is -0.166. The molecule has 3 aromatic rings. The maximum atomic E-state index is 13.0. The second kappa shape index (κ2) is 9.95.